The second kappa shape index (κ2) is 29.4. The van der Waals surface area contributed by atoms with Gasteiger partial charge in [-0.3, -0.25) is 0 Å². The summed E-state index contributed by atoms with van der Waals surface area (Å²) < 4.78 is 65.5. The highest BCUT2D eigenvalue weighted by atomic mass is 19.2. The summed E-state index contributed by atoms with van der Waals surface area (Å²) >= 11 is 0. The van der Waals surface area contributed by atoms with E-state index in [0.717, 1.165) is 113 Å². The predicted octanol–water partition coefficient (Wildman–Crippen LogP) is 23.9. The number of aromatic nitrogens is 4. The standard InChI is InChI=1S/C99H95F4N9/c1-94(2,3)67-44-62(45-68(50-67)95(4,5)6)84-76-34-32-74(108-76)83(60-26-24-57(25-27-60)58-40-42-112(43-41-58)73-30-28-61(29-31-73)87(82(65(53-104)54-105)59-22-20-19-21-23-59)89-92(102)90(100)88(66(55-106)56-107)91(101)93(89)103)75-33-35-77(109-75)85(63-46-69(96(7,8)9)51-70(47-63)97(10,11)12)79-37-39-81(111-79)86(80-38-36-78(84)110-80)64-48-71(98(13,14)15)52-72(49-64)99(16,17)18/h19-39,44-52,58,108,111H,40-43H2,1-18H3. The number of allylic oxidation sites excluding steroid dienone is 2. The third kappa shape index (κ3) is 15.3. The van der Waals surface area contributed by atoms with E-state index < -0.39 is 50.4 Å². The van der Waals surface area contributed by atoms with Gasteiger partial charge in [0.15, 0.2) is 23.3 Å². The summed E-state index contributed by atoms with van der Waals surface area (Å²) in [6.45, 7) is 42.3. The second-order valence-corrected chi connectivity index (χ2v) is 36.1. The number of benzene rings is 7. The number of fused-ring (bicyclic) bond motifs is 8. The molecular weight excluding hydrogens is 1390 g/mol. The van der Waals surface area contributed by atoms with Crippen LogP contribution in [-0.4, -0.2) is 33.0 Å². The first kappa shape index (κ1) is 78.2. The average Bonchev–Trinajstić information content (AvgIpc) is 1.35. The van der Waals surface area contributed by atoms with E-state index in [1.807, 2.05) is 12.1 Å². The van der Waals surface area contributed by atoms with E-state index in [4.69, 9.17) is 9.97 Å². The Balaban J connectivity index is 0.978. The van der Waals surface area contributed by atoms with Crippen molar-refractivity contribution in [3.8, 4) is 68.8 Å². The number of nitrogens with one attached hydrogen (secondary N) is 2. The topological polar surface area (TPSA) is 156 Å². The summed E-state index contributed by atoms with van der Waals surface area (Å²) in [6, 6.07) is 59.6. The number of aromatic amines is 2. The van der Waals surface area contributed by atoms with Gasteiger partial charge in [0, 0.05) is 74.2 Å². The van der Waals surface area contributed by atoms with Gasteiger partial charge in [0.25, 0.3) is 0 Å². The van der Waals surface area contributed by atoms with Gasteiger partial charge in [-0.05, 0) is 184 Å². The molecule has 9 nitrogen and oxygen atoms in total. The van der Waals surface area contributed by atoms with E-state index in [1.165, 1.54) is 69.8 Å². The molecule has 3 aromatic heterocycles. The van der Waals surface area contributed by atoms with Crippen LogP contribution in [-0.2, 0) is 32.5 Å². The van der Waals surface area contributed by atoms with Crippen molar-refractivity contribution < 1.29 is 17.6 Å². The van der Waals surface area contributed by atoms with Gasteiger partial charge in [0.05, 0.1) is 33.2 Å². The van der Waals surface area contributed by atoms with Crippen LogP contribution in [0.2, 0.25) is 0 Å². The van der Waals surface area contributed by atoms with Gasteiger partial charge in [-0.2, -0.15) is 21.0 Å². The zero-order chi connectivity index (χ0) is 80.6. The Kier molecular flexibility index (Phi) is 20.5. The smallest absolute Gasteiger partial charge is 0.171 e. The molecule has 1 saturated heterocycles. The van der Waals surface area contributed by atoms with Crippen molar-refractivity contribution in [3.05, 3.63) is 270 Å². The lowest BCUT2D eigenvalue weighted by Gasteiger charge is -2.34. The third-order valence-corrected chi connectivity index (χ3v) is 22.1. The van der Waals surface area contributed by atoms with Crippen molar-refractivity contribution in [2.24, 2.45) is 0 Å². The predicted molar refractivity (Wildman–Crippen MR) is 451 cm³/mol. The van der Waals surface area contributed by atoms with E-state index in [-0.39, 0.29) is 55.1 Å². The Hall–Kier alpha value is -11.9. The van der Waals surface area contributed by atoms with Crippen molar-refractivity contribution in [2.45, 2.75) is 176 Å². The molecule has 7 aromatic carbocycles. The number of nitrogens with zero attached hydrogens (tertiary/aromatic N) is 7. The molecule has 2 N–H and O–H groups in total. The van der Waals surface area contributed by atoms with Gasteiger partial charge in [0.2, 0.25) is 0 Å². The van der Waals surface area contributed by atoms with E-state index >= 15 is 17.6 Å². The molecule has 0 unspecified atom stereocenters. The monoisotopic (exact) mass is 1490 g/mol. The first-order valence-electron chi connectivity index (χ1n) is 38.4. The molecule has 1 fully saturated rings. The first-order valence-corrected chi connectivity index (χ1v) is 38.4. The average molecular weight is 1490 g/mol. The highest BCUT2D eigenvalue weighted by Crippen LogP contribution is 2.46. The molecule has 0 spiro atoms. The van der Waals surface area contributed by atoms with Gasteiger partial charge in [-0.1, -0.05) is 246 Å². The van der Waals surface area contributed by atoms with Crippen LogP contribution < -0.4 is 15.3 Å². The maximum atomic E-state index is 16.7. The molecule has 0 atom stereocenters. The lowest BCUT2D eigenvalue weighted by molar-refractivity contribution is 0.434. The van der Waals surface area contributed by atoms with Crippen LogP contribution in [0, 0.1) is 68.6 Å². The maximum absolute atomic E-state index is 16.7. The number of piperidine rings is 1. The molecule has 112 heavy (non-hydrogen) atoms. The second-order valence-electron chi connectivity index (χ2n) is 36.1. The van der Waals surface area contributed by atoms with Gasteiger partial charge < -0.3 is 14.9 Å². The van der Waals surface area contributed by atoms with Gasteiger partial charge in [-0.15, -0.1) is 0 Å². The molecule has 0 aliphatic carbocycles. The molecule has 0 radical (unpaired) electrons. The Morgan fingerprint density at radius 2 is 0.705 bits per heavy atom. The van der Waals surface area contributed by atoms with Gasteiger partial charge in [0.1, 0.15) is 35.4 Å². The number of anilines is 1. The van der Waals surface area contributed by atoms with Crippen molar-refractivity contribution in [2.75, 3.05) is 18.0 Å². The van der Waals surface area contributed by atoms with Gasteiger partial charge >= 0.3 is 0 Å². The summed E-state index contributed by atoms with van der Waals surface area (Å²) in [5.41, 5.74) is 20.8. The van der Waals surface area contributed by atoms with E-state index in [1.54, 1.807) is 30.3 Å². The minimum atomic E-state index is -1.98. The Morgan fingerprint density at radius 1 is 0.375 bits per heavy atom. The molecule has 13 rings (SSSR count). The van der Waals surface area contributed by atoms with Gasteiger partial charge in [-0.25, -0.2) is 27.5 Å². The number of nitriles is 4. The summed E-state index contributed by atoms with van der Waals surface area (Å²) in [7, 11) is 0. The highest BCUT2D eigenvalue weighted by molar-refractivity contribution is 6.08. The fourth-order valence-electron chi connectivity index (χ4n) is 15.3. The fourth-order valence-corrected chi connectivity index (χ4v) is 15.3. The van der Waals surface area contributed by atoms with Crippen LogP contribution in [0.15, 0.2) is 163 Å². The molecule has 564 valence electrons. The van der Waals surface area contributed by atoms with E-state index in [2.05, 4.69) is 267 Å². The summed E-state index contributed by atoms with van der Waals surface area (Å²) in [4.78, 5) is 22.0. The maximum Gasteiger partial charge on any atom is 0.171 e. The van der Waals surface area contributed by atoms with Crippen LogP contribution in [0.25, 0.3) is 108 Å². The summed E-state index contributed by atoms with van der Waals surface area (Å²) in [5, 5.41) is 37.0. The zero-order valence-electron chi connectivity index (χ0n) is 67.4. The fraction of sp³-hybridized carbons (Fsp3) is 0.293. The Bertz CT molecular complexity index is 5840. The molecule has 13 heteroatoms. The molecule has 6 heterocycles. The number of H-pyrrole nitrogens is 2. The lowest BCUT2D eigenvalue weighted by Crippen LogP contribution is -2.33. The molecule has 0 amide bonds. The number of hydrogen-bond acceptors (Lipinski definition) is 7. The van der Waals surface area contributed by atoms with Crippen LogP contribution in [0.5, 0.6) is 0 Å². The number of halogens is 4. The largest absolute Gasteiger partial charge is 0.371 e. The molecule has 3 aliphatic rings. The van der Waals surface area contributed by atoms with Crippen molar-refractivity contribution in [3.63, 3.8) is 0 Å². The summed E-state index contributed by atoms with van der Waals surface area (Å²) in [5.74, 6) is -7.62. The van der Waals surface area contributed by atoms with Crippen molar-refractivity contribution >= 4 is 68.8 Å². The number of rotatable bonds is 9. The summed E-state index contributed by atoms with van der Waals surface area (Å²) in [6.07, 6.45) is 10.3. The number of hydrogen-bond donors (Lipinski definition) is 2. The van der Waals surface area contributed by atoms with E-state index in [0.29, 0.717) is 13.1 Å². The zero-order valence-corrected chi connectivity index (χ0v) is 67.4. The lowest BCUT2D eigenvalue weighted by atomic mass is 9.78. The SMILES string of the molecule is CC(C)(C)c1cc(-c2c3nc(c(-c4cc(C(C)(C)C)cc(C(C)(C)C)c4)c4ccc([nH]4)c(-c4cc(C(C)(C)C)cc(C(C)(C)C)c4)c4nc(c(-c5ccc(C6CCN(c7ccc(C(C(=C(C#N)C#N)c8ccccc8)=c8c(F)c(F)c(=C(C#N)C#N)c(F)c8F)cc7)CC6)cc5)c5ccc2[nH]5)C=C4)C=C3)cc(C(C)(C)C)c1. The third-order valence-electron chi connectivity index (χ3n) is 22.1. The normalized spacial score (nSPS) is 13.5. The first-order chi connectivity index (χ1) is 52.8. The van der Waals surface area contributed by atoms with Crippen molar-refractivity contribution in [1.29, 1.82) is 21.0 Å². The van der Waals surface area contributed by atoms with Crippen LogP contribution >= 0.6 is 0 Å². The molecule has 3 aliphatic heterocycles. The minimum absolute atomic E-state index is 0.0329. The minimum Gasteiger partial charge on any atom is -0.371 e. The molecule has 0 saturated carbocycles. The Morgan fingerprint density at radius 3 is 1.03 bits per heavy atom. The molecule has 8 bridgehead atoms. The van der Waals surface area contributed by atoms with Crippen molar-refractivity contribution in [1.82, 2.24) is 19.9 Å². The van der Waals surface area contributed by atoms with E-state index in [9.17, 15) is 21.0 Å². The molecular formula is C99H95F4N9. The van der Waals surface area contributed by atoms with Crippen LogP contribution in [0.3, 0.4) is 0 Å². The van der Waals surface area contributed by atoms with Crippen LogP contribution in [0.1, 0.15) is 216 Å². The molecule has 10 aromatic rings. The Labute approximate surface area is 656 Å². The highest BCUT2D eigenvalue weighted by Gasteiger charge is 2.32. The van der Waals surface area contributed by atoms with Crippen LogP contribution in [0.4, 0.5) is 23.2 Å². The quantitative estimate of drug-likeness (QED) is 0.0828.